The van der Waals surface area contributed by atoms with Crippen LogP contribution in [0.25, 0.3) is 0 Å². The molecule has 0 heterocycles. The van der Waals surface area contributed by atoms with E-state index in [1.165, 1.54) is 6.42 Å². The van der Waals surface area contributed by atoms with Crippen LogP contribution in [0.5, 0.6) is 0 Å². The number of aliphatic hydroxyl groups is 1. The van der Waals surface area contributed by atoms with Gasteiger partial charge in [-0.1, -0.05) is 0 Å². The highest BCUT2D eigenvalue weighted by Gasteiger charge is 2.29. The van der Waals surface area contributed by atoms with Gasteiger partial charge in [-0.2, -0.15) is 5.10 Å². The molecule has 1 fully saturated rings. The molecule has 1 rings (SSSR count). The number of hydrogen-bond donors (Lipinski definition) is 1. The third-order valence-electron chi connectivity index (χ3n) is 3.47. The normalized spacial score (nSPS) is 31.2. The number of rotatable bonds is 4. The van der Waals surface area contributed by atoms with Crippen molar-refractivity contribution in [3.8, 4) is 0 Å². The standard InChI is InChI=1S/C12H25N3O/c1-14(2)12-6-5-10(8-13-15(3)4)11(7-12)9-16/h8,10-12,16H,5-7,9H2,1-4H3. The summed E-state index contributed by atoms with van der Waals surface area (Å²) in [5, 5.41) is 15.5. The number of hydrogen-bond acceptors (Lipinski definition) is 4. The van der Waals surface area contributed by atoms with Gasteiger partial charge in [-0.05, 0) is 39.3 Å². The van der Waals surface area contributed by atoms with Crippen molar-refractivity contribution in [2.24, 2.45) is 16.9 Å². The topological polar surface area (TPSA) is 39.1 Å². The van der Waals surface area contributed by atoms with Crippen LogP contribution in [0.3, 0.4) is 0 Å². The van der Waals surface area contributed by atoms with Gasteiger partial charge in [-0.15, -0.1) is 0 Å². The number of nitrogens with zero attached hydrogens (tertiary/aromatic N) is 3. The molecule has 4 heteroatoms. The van der Waals surface area contributed by atoms with Crippen molar-refractivity contribution in [2.45, 2.75) is 25.3 Å². The first-order valence-corrected chi connectivity index (χ1v) is 6.03. The number of hydrazone groups is 1. The van der Waals surface area contributed by atoms with Gasteiger partial charge in [-0.25, -0.2) is 0 Å². The van der Waals surface area contributed by atoms with Gasteiger partial charge in [0.2, 0.25) is 0 Å². The average Bonchev–Trinajstić information content (AvgIpc) is 2.25. The minimum absolute atomic E-state index is 0.272. The molecule has 1 N–H and O–H groups in total. The van der Waals surface area contributed by atoms with Crippen LogP contribution in [-0.2, 0) is 0 Å². The Morgan fingerprint density at radius 3 is 2.44 bits per heavy atom. The van der Waals surface area contributed by atoms with E-state index in [0.29, 0.717) is 17.9 Å². The first-order chi connectivity index (χ1) is 7.54. The van der Waals surface area contributed by atoms with Crippen molar-refractivity contribution in [3.05, 3.63) is 0 Å². The summed E-state index contributed by atoms with van der Waals surface area (Å²) in [5.41, 5.74) is 0. The first kappa shape index (κ1) is 13.5. The Kier molecular flexibility index (Phi) is 5.22. The summed E-state index contributed by atoms with van der Waals surface area (Å²) in [6.45, 7) is 0.272. The molecule has 1 aliphatic rings. The van der Waals surface area contributed by atoms with Crippen LogP contribution in [-0.4, -0.2) is 62.1 Å². The summed E-state index contributed by atoms with van der Waals surface area (Å²) in [6, 6.07) is 0.612. The maximum atomic E-state index is 9.43. The van der Waals surface area contributed by atoms with Crippen LogP contribution in [0.15, 0.2) is 5.10 Å². The first-order valence-electron chi connectivity index (χ1n) is 6.03. The largest absolute Gasteiger partial charge is 0.396 e. The van der Waals surface area contributed by atoms with E-state index < -0.39 is 0 Å². The zero-order valence-electron chi connectivity index (χ0n) is 10.9. The molecule has 4 nitrogen and oxygen atoms in total. The van der Waals surface area contributed by atoms with E-state index in [0.717, 1.165) is 12.8 Å². The Hall–Kier alpha value is -0.610. The SMILES string of the molecule is CN(C)N=CC1CCC(N(C)C)CC1CO. The smallest absolute Gasteiger partial charge is 0.0466 e. The highest BCUT2D eigenvalue weighted by molar-refractivity contribution is 5.61. The van der Waals surface area contributed by atoms with E-state index in [9.17, 15) is 5.11 Å². The maximum absolute atomic E-state index is 9.43. The highest BCUT2D eigenvalue weighted by atomic mass is 16.3. The molecule has 16 heavy (non-hydrogen) atoms. The summed E-state index contributed by atoms with van der Waals surface area (Å²) in [4.78, 5) is 2.27. The molecule has 0 aliphatic heterocycles. The fourth-order valence-electron chi connectivity index (χ4n) is 2.36. The van der Waals surface area contributed by atoms with Gasteiger partial charge >= 0.3 is 0 Å². The molecule has 3 unspecified atom stereocenters. The third-order valence-corrected chi connectivity index (χ3v) is 3.47. The van der Waals surface area contributed by atoms with Crippen LogP contribution in [0, 0.1) is 11.8 Å². The van der Waals surface area contributed by atoms with Crippen LogP contribution < -0.4 is 0 Å². The van der Waals surface area contributed by atoms with E-state index in [1.807, 2.05) is 25.3 Å². The quantitative estimate of drug-likeness (QED) is 0.572. The predicted octanol–water partition coefficient (Wildman–Crippen LogP) is 0.873. The second-order valence-corrected chi connectivity index (χ2v) is 5.15. The third kappa shape index (κ3) is 3.76. The van der Waals surface area contributed by atoms with Gasteiger partial charge in [-0.3, -0.25) is 0 Å². The van der Waals surface area contributed by atoms with E-state index in [1.54, 1.807) is 0 Å². The highest BCUT2D eigenvalue weighted by Crippen LogP contribution is 2.30. The lowest BCUT2D eigenvalue weighted by Gasteiger charge is -2.36. The minimum atomic E-state index is 0.272. The maximum Gasteiger partial charge on any atom is 0.0466 e. The molecule has 0 aromatic carbocycles. The lowest BCUT2D eigenvalue weighted by Crippen LogP contribution is -2.38. The van der Waals surface area contributed by atoms with Gasteiger partial charge in [0, 0.05) is 38.9 Å². The van der Waals surface area contributed by atoms with Crippen molar-refractivity contribution in [1.82, 2.24) is 9.91 Å². The molecule has 0 saturated heterocycles. The van der Waals surface area contributed by atoms with Gasteiger partial charge < -0.3 is 15.0 Å². The predicted molar refractivity (Wildman–Crippen MR) is 67.6 cm³/mol. The molecule has 0 aromatic heterocycles. The zero-order chi connectivity index (χ0) is 12.1. The summed E-state index contributed by atoms with van der Waals surface area (Å²) in [7, 11) is 8.09. The van der Waals surface area contributed by atoms with E-state index in [2.05, 4.69) is 24.1 Å². The van der Waals surface area contributed by atoms with Crippen LogP contribution in [0.1, 0.15) is 19.3 Å². The Labute approximate surface area is 98.9 Å². The van der Waals surface area contributed by atoms with E-state index in [-0.39, 0.29) is 6.61 Å². The molecular weight excluding hydrogens is 202 g/mol. The minimum Gasteiger partial charge on any atom is -0.396 e. The monoisotopic (exact) mass is 227 g/mol. The fourth-order valence-corrected chi connectivity index (χ4v) is 2.36. The Morgan fingerprint density at radius 2 is 1.94 bits per heavy atom. The van der Waals surface area contributed by atoms with Gasteiger partial charge in [0.05, 0.1) is 0 Å². The van der Waals surface area contributed by atoms with Crippen molar-refractivity contribution < 1.29 is 5.11 Å². The molecular formula is C12H25N3O. The van der Waals surface area contributed by atoms with Crippen LogP contribution in [0.4, 0.5) is 0 Å². The van der Waals surface area contributed by atoms with Crippen molar-refractivity contribution in [3.63, 3.8) is 0 Å². The van der Waals surface area contributed by atoms with Crippen LogP contribution >= 0.6 is 0 Å². The summed E-state index contributed by atoms with van der Waals surface area (Å²) >= 11 is 0. The Bertz CT molecular complexity index is 228. The average molecular weight is 227 g/mol. The zero-order valence-corrected chi connectivity index (χ0v) is 10.9. The number of aliphatic hydroxyl groups excluding tert-OH is 1. The van der Waals surface area contributed by atoms with E-state index >= 15 is 0 Å². The summed E-state index contributed by atoms with van der Waals surface area (Å²) in [6.07, 6.45) is 5.42. The van der Waals surface area contributed by atoms with Gasteiger partial charge in [0.15, 0.2) is 0 Å². The summed E-state index contributed by atoms with van der Waals surface area (Å²) < 4.78 is 0. The lowest BCUT2D eigenvalue weighted by molar-refractivity contribution is 0.111. The Morgan fingerprint density at radius 1 is 1.25 bits per heavy atom. The molecule has 0 aromatic rings. The molecule has 3 atom stereocenters. The van der Waals surface area contributed by atoms with Gasteiger partial charge in [0.1, 0.15) is 0 Å². The second kappa shape index (κ2) is 6.21. The molecule has 94 valence electrons. The fraction of sp³-hybridized carbons (Fsp3) is 0.917. The molecule has 0 bridgehead atoms. The van der Waals surface area contributed by atoms with Crippen molar-refractivity contribution in [1.29, 1.82) is 0 Å². The Balaban J connectivity index is 2.55. The molecule has 1 saturated carbocycles. The van der Waals surface area contributed by atoms with Crippen LogP contribution in [0.2, 0.25) is 0 Å². The van der Waals surface area contributed by atoms with Gasteiger partial charge in [0.25, 0.3) is 0 Å². The lowest BCUT2D eigenvalue weighted by atomic mass is 9.77. The van der Waals surface area contributed by atoms with E-state index in [4.69, 9.17) is 0 Å². The molecule has 1 aliphatic carbocycles. The van der Waals surface area contributed by atoms with Crippen molar-refractivity contribution >= 4 is 6.21 Å². The van der Waals surface area contributed by atoms with Crippen molar-refractivity contribution in [2.75, 3.05) is 34.8 Å². The molecule has 0 spiro atoms. The molecule has 0 amide bonds. The summed E-state index contributed by atoms with van der Waals surface area (Å²) in [5.74, 6) is 0.799. The molecule has 0 radical (unpaired) electrons. The second-order valence-electron chi connectivity index (χ2n) is 5.15.